The van der Waals surface area contributed by atoms with Gasteiger partial charge < -0.3 is 16.4 Å². The molecule has 3 rings (SSSR count). The van der Waals surface area contributed by atoms with Crippen LogP contribution in [0.15, 0.2) is 11.6 Å². The Morgan fingerprint density at radius 2 is 2.24 bits per heavy atom. The minimum absolute atomic E-state index is 0.166. The molecule has 4 N–H and O–H groups in total. The Kier molecular flexibility index (Phi) is 4.31. The van der Waals surface area contributed by atoms with Crippen molar-refractivity contribution in [1.82, 2.24) is 20.3 Å². The van der Waals surface area contributed by atoms with E-state index in [1.54, 1.807) is 11.3 Å². The van der Waals surface area contributed by atoms with Crippen LogP contribution in [0.3, 0.4) is 0 Å². The summed E-state index contributed by atoms with van der Waals surface area (Å²) in [6.45, 7) is 4.03. The van der Waals surface area contributed by atoms with E-state index in [9.17, 15) is 0 Å². The first-order chi connectivity index (χ1) is 10.3. The van der Waals surface area contributed by atoms with Gasteiger partial charge in [-0.2, -0.15) is 4.98 Å². The number of rotatable bonds is 4. The van der Waals surface area contributed by atoms with E-state index in [2.05, 4.69) is 32.5 Å². The number of nitrogens with zero attached hydrogens (tertiary/aromatic N) is 3. The van der Waals surface area contributed by atoms with E-state index in [1.165, 1.54) is 5.56 Å². The van der Waals surface area contributed by atoms with Crippen LogP contribution in [-0.2, 0) is 12.8 Å². The Bertz CT molecular complexity index is 598. The number of anilines is 2. The predicted molar refractivity (Wildman–Crippen MR) is 85.5 cm³/mol. The number of thiazole rings is 1. The van der Waals surface area contributed by atoms with Crippen molar-refractivity contribution in [3.8, 4) is 0 Å². The van der Waals surface area contributed by atoms with Gasteiger partial charge in [0, 0.05) is 30.1 Å². The summed E-state index contributed by atoms with van der Waals surface area (Å²) in [5, 5.41) is 9.98. The van der Waals surface area contributed by atoms with Crippen LogP contribution in [0.4, 0.5) is 11.8 Å². The summed E-state index contributed by atoms with van der Waals surface area (Å²) in [6, 6.07) is 0.166. The highest BCUT2D eigenvalue weighted by Gasteiger charge is 2.19. The van der Waals surface area contributed by atoms with Gasteiger partial charge in [0.1, 0.15) is 10.8 Å². The van der Waals surface area contributed by atoms with Gasteiger partial charge in [-0.05, 0) is 19.4 Å². The van der Waals surface area contributed by atoms with Gasteiger partial charge in [0.2, 0.25) is 5.95 Å². The molecule has 2 aromatic rings. The molecule has 0 saturated heterocycles. The molecular weight excluding hydrogens is 284 g/mol. The highest BCUT2D eigenvalue weighted by atomic mass is 32.1. The van der Waals surface area contributed by atoms with Crippen LogP contribution in [0.5, 0.6) is 0 Å². The number of fused-ring (bicyclic) bond motifs is 1. The van der Waals surface area contributed by atoms with Gasteiger partial charge in [-0.3, -0.25) is 0 Å². The maximum atomic E-state index is 5.87. The summed E-state index contributed by atoms with van der Waals surface area (Å²) < 4.78 is 0. The van der Waals surface area contributed by atoms with Gasteiger partial charge >= 0.3 is 0 Å². The summed E-state index contributed by atoms with van der Waals surface area (Å²) >= 11 is 1.66. The lowest BCUT2D eigenvalue weighted by molar-refractivity contribution is 0.707. The number of nitrogen functional groups attached to an aromatic ring is 1. The first-order valence-electron chi connectivity index (χ1n) is 7.29. The van der Waals surface area contributed by atoms with Crippen molar-refractivity contribution in [3.05, 3.63) is 27.8 Å². The van der Waals surface area contributed by atoms with Crippen molar-refractivity contribution in [3.63, 3.8) is 0 Å². The van der Waals surface area contributed by atoms with Crippen molar-refractivity contribution in [1.29, 1.82) is 0 Å². The molecule has 0 fully saturated rings. The molecule has 1 aliphatic heterocycles. The van der Waals surface area contributed by atoms with Gasteiger partial charge in [-0.1, -0.05) is 6.92 Å². The minimum Gasteiger partial charge on any atom is -0.368 e. The lowest BCUT2D eigenvalue weighted by Gasteiger charge is -2.19. The molecule has 2 aromatic heterocycles. The Balaban J connectivity index is 1.92. The summed E-state index contributed by atoms with van der Waals surface area (Å²) in [5.41, 5.74) is 8.12. The molecule has 112 valence electrons. The molecule has 21 heavy (non-hydrogen) atoms. The van der Waals surface area contributed by atoms with E-state index >= 15 is 0 Å². The number of hydrogen-bond acceptors (Lipinski definition) is 7. The lowest BCUT2D eigenvalue weighted by Crippen LogP contribution is -2.17. The van der Waals surface area contributed by atoms with Crippen molar-refractivity contribution in [2.24, 2.45) is 0 Å². The first kappa shape index (κ1) is 14.2. The van der Waals surface area contributed by atoms with Crippen molar-refractivity contribution in [2.75, 3.05) is 24.1 Å². The minimum atomic E-state index is 0.166. The van der Waals surface area contributed by atoms with E-state index < -0.39 is 0 Å². The number of hydrogen-bond donors (Lipinski definition) is 3. The molecule has 0 aliphatic carbocycles. The predicted octanol–water partition coefficient (Wildman–Crippen LogP) is 1.77. The van der Waals surface area contributed by atoms with Crippen molar-refractivity contribution in [2.45, 2.75) is 32.2 Å². The zero-order valence-corrected chi connectivity index (χ0v) is 12.9. The normalized spacial score (nSPS) is 16.0. The molecule has 0 aromatic carbocycles. The molecule has 0 radical (unpaired) electrons. The fourth-order valence-corrected chi connectivity index (χ4v) is 3.37. The van der Waals surface area contributed by atoms with Gasteiger partial charge in [0.15, 0.2) is 0 Å². The van der Waals surface area contributed by atoms with Crippen molar-refractivity contribution >= 4 is 23.1 Å². The second kappa shape index (κ2) is 6.36. The average Bonchev–Trinajstić information content (AvgIpc) is 2.90. The fraction of sp³-hybridized carbons (Fsp3) is 0.500. The smallest absolute Gasteiger partial charge is 0.222 e. The quantitative estimate of drug-likeness (QED) is 0.798. The fourth-order valence-electron chi connectivity index (χ4n) is 2.59. The summed E-state index contributed by atoms with van der Waals surface area (Å²) in [4.78, 5) is 13.2. The third-order valence-electron chi connectivity index (χ3n) is 3.67. The summed E-state index contributed by atoms with van der Waals surface area (Å²) in [5.74, 6) is 1.20. The molecule has 0 spiro atoms. The lowest BCUT2D eigenvalue weighted by atomic mass is 10.1. The maximum Gasteiger partial charge on any atom is 0.222 e. The average molecular weight is 304 g/mol. The molecule has 7 heteroatoms. The molecule has 0 saturated carbocycles. The van der Waals surface area contributed by atoms with Crippen LogP contribution in [0, 0.1) is 0 Å². The van der Waals surface area contributed by atoms with Crippen LogP contribution in [0.1, 0.15) is 35.7 Å². The standard InChI is InChI=1S/C14H20N6S/c1-2-10(13-17-7-8-21-13)18-12-9-3-5-16-6-4-11(9)19-14(15)20-12/h7-8,10,16H,2-6H2,1H3,(H3,15,18,19,20)/t10-/m1/s1. The van der Waals surface area contributed by atoms with Crippen LogP contribution >= 0.6 is 11.3 Å². The molecule has 6 nitrogen and oxygen atoms in total. The second-order valence-electron chi connectivity index (χ2n) is 5.08. The van der Waals surface area contributed by atoms with Crippen LogP contribution in [0.25, 0.3) is 0 Å². The third-order valence-corrected chi connectivity index (χ3v) is 4.56. The topological polar surface area (TPSA) is 88.8 Å². The molecule has 1 aliphatic rings. The summed E-state index contributed by atoms with van der Waals surface area (Å²) in [6.07, 6.45) is 4.60. The van der Waals surface area contributed by atoms with E-state index in [-0.39, 0.29) is 6.04 Å². The van der Waals surface area contributed by atoms with Crippen LogP contribution in [0.2, 0.25) is 0 Å². The van der Waals surface area contributed by atoms with Gasteiger partial charge in [0.05, 0.1) is 11.7 Å². The highest BCUT2D eigenvalue weighted by Crippen LogP contribution is 2.27. The Morgan fingerprint density at radius 3 is 3.00 bits per heavy atom. The molecule has 0 bridgehead atoms. The van der Waals surface area contributed by atoms with E-state index in [4.69, 9.17) is 5.73 Å². The van der Waals surface area contributed by atoms with E-state index in [0.29, 0.717) is 5.95 Å². The largest absolute Gasteiger partial charge is 0.368 e. The molecule has 1 atom stereocenters. The molecular formula is C14H20N6S. The van der Waals surface area contributed by atoms with Crippen LogP contribution in [-0.4, -0.2) is 28.0 Å². The molecule has 0 amide bonds. The number of nitrogens with one attached hydrogen (secondary N) is 2. The van der Waals surface area contributed by atoms with Gasteiger partial charge in [-0.15, -0.1) is 11.3 Å². The van der Waals surface area contributed by atoms with Gasteiger partial charge in [0.25, 0.3) is 0 Å². The zero-order valence-electron chi connectivity index (χ0n) is 12.1. The molecule has 3 heterocycles. The maximum absolute atomic E-state index is 5.87. The zero-order chi connectivity index (χ0) is 14.7. The third kappa shape index (κ3) is 3.14. The van der Waals surface area contributed by atoms with Crippen LogP contribution < -0.4 is 16.4 Å². The SMILES string of the molecule is CC[C@@H](Nc1nc(N)nc2c1CCNCC2)c1nccs1. The Hall–Kier alpha value is -1.73. The number of nitrogens with two attached hydrogens (primary N) is 1. The second-order valence-corrected chi connectivity index (χ2v) is 6.01. The Morgan fingerprint density at radius 1 is 1.38 bits per heavy atom. The monoisotopic (exact) mass is 304 g/mol. The first-order valence-corrected chi connectivity index (χ1v) is 8.17. The van der Waals surface area contributed by atoms with Crippen molar-refractivity contribution < 1.29 is 0 Å². The Labute approximate surface area is 128 Å². The van der Waals surface area contributed by atoms with Gasteiger partial charge in [-0.25, -0.2) is 9.97 Å². The van der Waals surface area contributed by atoms with E-state index in [1.807, 2.05) is 11.6 Å². The number of aromatic nitrogens is 3. The highest BCUT2D eigenvalue weighted by molar-refractivity contribution is 7.09. The summed E-state index contributed by atoms with van der Waals surface area (Å²) in [7, 11) is 0. The molecule has 0 unspecified atom stereocenters. The van der Waals surface area contributed by atoms with E-state index in [0.717, 1.165) is 48.9 Å².